The summed E-state index contributed by atoms with van der Waals surface area (Å²) in [6.07, 6.45) is -0.150. The lowest BCUT2D eigenvalue weighted by Gasteiger charge is -2.31. The number of fused-ring (bicyclic) bond motifs is 6. The van der Waals surface area contributed by atoms with Gasteiger partial charge >= 0.3 is 11.9 Å². The Kier molecular flexibility index (Phi) is 31.0. The summed E-state index contributed by atoms with van der Waals surface area (Å²) in [5.74, 6) is 11.8. The number of pyridine rings is 4. The molecule has 0 saturated carbocycles. The van der Waals surface area contributed by atoms with Crippen LogP contribution in [0.15, 0.2) is 176 Å². The smallest absolute Gasteiger partial charge is 0.311 e. The number of esters is 2. The third-order valence-electron chi connectivity index (χ3n) is 20.1. The number of rotatable bonds is 20. The molecule has 0 bridgehead atoms. The molecule has 0 spiro atoms. The van der Waals surface area contributed by atoms with Gasteiger partial charge < -0.3 is 49.5 Å². The van der Waals surface area contributed by atoms with Gasteiger partial charge in [0, 0.05) is 47.3 Å². The van der Waals surface area contributed by atoms with E-state index in [1.165, 1.54) is 0 Å². The second kappa shape index (κ2) is 39.8. The monoisotopic (exact) mass is 1760 g/mol. The van der Waals surface area contributed by atoms with Crippen molar-refractivity contribution in [1.29, 1.82) is 0 Å². The molecule has 13 rings (SSSR count). The number of benzene rings is 8. The lowest BCUT2D eigenvalue weighted by Crippen LogP contribution is -2.30. The third-order valence-corrected chi connectivity index (χ3v) is 21.1. The second-order valence-corrected chi connectivity index (χ2v) is 38.8. The average molecular weight is 1760 g/mol. The quantitative estimate of drug-likeness (QED) is 0.0235. The number of nitrogen functional groups attached to an aromatic ring is 2. The van der Waals surface area contributed by atoms with Crippen molar-refractivity contribution >= 4 is 119 Å². The molecular weight excluding hydrogens is 1640 g/mol. The van der Waals surface area contributed by atoms with E-state index in [0.29, 0.717) is 31.7 Å². The Balaban J connectivity index is 0.000000173. The Morgan fingerprint density at radius 1 is 0.387 bits per heavy atom. The minimum absolute atomic E-state index is 0.0934. The van der Waals surface area contributed by atoms with Gasteiger partial charge in [0.15, 0.2) is 5.65 Å². The number of aromatic nitrogens is 6. The molecule has 8 N–H and O–H groups in total. The standard InChI is InChI=1S/C28H34ClNO3.C27H34ClN3O3.C23H24ClN3O2.C22H26ClN3O2/c1-17-15-22-21(14-9-18(2)30-22)25(19-10-12-20(29)13-11-19)24(17)23(33-28(6,7)8)16-32-26(31)27(3,4)5;1-16-14-20-19(12-13-22(30-20)31-29)24(17-8-10-18(28)11-9-17)23(16)21(34-27(5,6)7)15-33-25(32)26(2,3)4;1-14-11-18-17(9-10-20-26-25-13-27(18)20)22(15-5-7-16(24)8-6-15)21(14)19(12-28)29-23(2,3)4;1-13-11-17-16(9-10-19(25-17)26-24)21(14-5-7-15(23)8-6-14)20(13)18(12-27)28-22(2,3)4/h9-15,23H,16H2,1-8H3;8-14,21H,15,29H2,1-7H3,(H,30,31);5-11,13,19,28H,12H2,1-4H3;5-11,18,27H,12,24H2,1-4H3,(H,25,26)/t23-;21-;19-;18-/m1111/s1. The van der Waals surface area contributed by atoms with Crippen molar-refractivity contribution < 1.29 is 48.2 Å². The van der Waals surface area contributed by atoms with E-state index in [1.54, 1.807) is 6.33 Å². The van der Waals surface area contributed by atoms with Gasteiger partial charge in [-0.3, -0.25) is 19.0 Å². The second-order valence-electron chi connectivity index (χ2n) is 37.1. The van der Waals surface area contributed by atoms with E-state index < -0.39 is 57.7 Å². The minimum atomic E-state index is -0.612. The van der Waals surface area contributed by atoms with E-state index in [4.69, 9.17) is 91.5 Å². The molecule has 0 unspecified atom stereocenters. The zero-order valence-electron chi connectivity index (χ0n) is 75.4. The molecule has 20 nitrogen and oxygen atoms in total. The number of carbonyl (C=O) groups is 2. The number of hydrogen-bond acceptors (Lipinski definition) is 19. The summed E-state index contributed by atoms with van der Waals surface area (Å²) in [5.41, 5.74) is 23.4. The van der Waals surface area contributed by atoms with Crippen LogP contribution in [0, 0.1) is 45.4 Å². The molecule has 0 aliphatic rings. The predicted octanol–water partition coefficient (Wildman–Crippen LogP) is 24.6. The van der Waals surface area contributed by atoms with Gasteiger partial charge in [0.2, 0.25) is 0 Å². The van der Waals surface area contributed by atoms with Crippen molar-refractivity contribution in [3.63, 3.8) is 0 Å². The maximum Gasteiger partial charge on any atom is 0.311 e. The molecular formula is C100H118Cl4N10O10. The number of aliphatic hydroxyl groups excluding tert-OH is 2. The number of aliphatic hydroxyl groups is 2. The van der Waals surface area contributed by atoms with E-state index in [1.807, 2.05) is 302 Å². The molecule has 0 amide bonds. The van der Waals surface area contributed by atoms with Gasteiger partial charge in [-0.2, -0.15) is 0 Å². The Morgan fingerprint density at radius 3 is 0.992 bits per heavy atom. The topological polar surface area (TPSA) is 275 Å². The molecule has 5 aromatic heterocycles. The largest absolute Gasteiger partial charge is 0.462 e. The average Bonchev–Trinajstić information content (AvgIpc) is 1.20. The summed E-state index contributed by atoms with van der Waals surface area (Å²) < 4.78 is 38.9. The number of aryl methyl sites for hydroxylation is 5. The van der Waals surface area contributed by atoms with Crippen LogP contribution in [0.25, 0.3) is 93.8 Å². The number of ether oxygens (including phenoxy) is 6. The summed E-state index contributed by atoms with van der Waals surface area (Å²) in [6, 6.07) is 54.8. The predicted molar refractivity (Wildman–Crippen MR) is 506 cm³/mol. The summed E-state index contributed by atoms with van der Waals surface area (Å²) >= 11 is 24.6. The first-order valence-corrected chi connectivity index (χ1v) is 42.9. The highest BCUT2D eigenvalue weighted by Crippen LogP contribution is 2.47. The fourth-order valence-electron chi connectivity index (χ4n) is 15.0. The molecule has 0 saturated heterocycles. The van der Waals surface area contributed by atoms with Crippen LogP contribution in [0.3, 0.4) is 0 Å². The van der Waals surface area contributed by atoms with Gasteiger partial charge in [0.25, 0.3) is 0 Å². The molecule has 0 fully saturated rings. The molecule has 656 valence electrons. The van der Waals surface area contributed by atoms with Crippen LogP contribution in [0.1, 0.15) is 199 Å². The highest BCUT2D eigenvalue weighted by Gasteiger charge is 2.35. The van der Waals surface area contributed by atoms with Crippen molar-refractivity contribution in [2.24, 2.45) is 22.5 Å². The fourth-order valence-corrected chi connectivity index (χ4v) is 15.5. The zero-order chi connectivity index (χ0) is 91.0. The van der Waals surface area contributed by atoms with Crippen LogP contribution in [0.5, 0.6) is 0 Å². The van der Waals surface area contributed by atoms with Crippen molar-refractivity contribution in [2.45, 2.75) is 206 Å². The first kappa shape index (κ1) is 96.5. The Labute approximate surface area is 749 Å². The van der Waals surface area contributed by atoms with Crippen LogP contribution in [-0.2, 0) is 38.0 Å². The van der Waals surface area contributed by atoms with Crippen molar-refractivity contribution in [2.75, 3.05) is 37.3 Å². The molecule has 0 aliphatic heterocycles. The van der Waals surface area contributed by atoms with E-state index in [9.17, 15) is 19.8 Å². The third kappa shape index (κ3) is 24.5. The van der Waals surface area contributed by atoms with Gasteiger partial charge in [-0.25, -0.2) is 21.7 Å². The first-order chi connectivity index (χ1) is 58.1. The van der Waals surface area contributed by atoms with Gasteiger partial charge in [-0.05, 0) is 364 Å². The number of hydrazine groups is 2. The Hall–Kier alpha value is -9.75. The summed E-state index contributed by atoms with van der Waals surface area (Å²) in [5, 5.41) is 35.2. The van der Waals surface area contributed by atoms with E-state index in [-0.39, 0.29) is 38.4 Å². The lowest BCUT2D eigenvalue weighted by molar-refractivity contribution is -0.162. The number of carbonyl (C=O) groups excluding carboxylic acids is 2. The SMILES string of the molecule is Cc1cc2c(ccc3nncn32)c(-c2ccc(Cl)cc2)c1[C@@H](CO)OC(C)(C)C.Cc1cc2nc(NN)ccc2c(-c2ccc(Cl)cc2)c1[C@@H](CO)OC(C)(C)C.Cc1cc2nc(NN)ccc2c(-c2ccc(Cl)cc2)c1[C@@H](COC(=O)C(C)(C)C)OC(C)(C)C.Cc1ccc2c(-c3ccc(Cl)cc3)c([C@@H](COC(=O)C(C)(C)C)OC(C)(C)C)c(C)cc2n1. The first-order valence-electron chi connectivity index (χ1n) is 41.4. The normalized spacial score (nSPS) is 13.2. The number of halogens is 4. The highest BCUT2D eigenvalue weighted by molar-refractivity contribution is 6.31. The van der Waals surface area contributed by atoms with Crippen LogP contribution in [0.4, 0.5) is 11.6 Å². The van der Waals surface area contributed by atoms with E-state index >= 15 is 0 Å². The number of hydrogen-bond donors (Lipinski definition) is 6. The molecule has 4 atom stereocenters. The highest BCUT2D eigenvalue weighted by atomic mass is 35.5. The zero-order valence-corrected chi connectivity index (χ0v) is 78.4. The maximum absolute atomic E-state index is 12.6. The molecule has 8 aromatic carbocycles. The van der Waals surface area contributed by atoms with Gasteiger partial charge in [0.1, 0.15) is 55.6 Å². The number of nitrogens with zero attached hydrogens (tertiary/aromatic N) is 6. The number of nitrogens with two attached hydrogens (primary N) is 2. The summed E-state index contributed by atoms with van der Waals surface area (Å²) in [6.45, 7) is 45.1. The fraction of sp³-hybridized carbons (Fsp3) is 0.370. The van der Waals surface area contributed by atoms with Gasteiger partial charge in [-0.15, -0.1) is 10.2 Å². The number of anilines is 2. The van der Waals surface area contributed by atoms with Gasteiger partial charge in [-0.1, -0.05) is 101 Å². The molecule has 0 aliphatic carbocycles. The molecule has 24 heteroatoms. The van der Waals surface area contributed by atoms with Crippen molar-refractivity contribution in [1.82, 2.24) is 29.5 Å². The van der Waals surface area contributed by atoms with E-state index in [2.05, 4.69) is 62.2 Å². The van der Waals surface area contributed by atoms with Crippen LogP contribution >= 0.6 is 46.4 Å². The van der Waals surface area contributed by atoms with Crippen molar-refractivity contribution in [3.05, 3.63) is 246 Å². The maximum atomic E-state index is 12.6. The summed E-state index contributed by atoms with van der Waals surface area (Å²) in [7, 11) is 0. The van der Waals surface area contributed by atoms with Crippen LogP contribution < -0.4 is 22.5 Å². The van der Waals surface area contributed by atoms with E-state index in [0.717, 1.165) is 144 Å². The summed E-state index contributed by atoms with van der Waals surface area (Å²) in [4.78, 5) is 39.2. The molecule has 124 heavy (non-hydrogen) atoms. The Bertz CT molecular complexity index is 5950. The lowest BCUT2D eigenvalue weighted by atomic mass is 9.88. The molecule has 5 heterocycles. The minimum Gasteiger partial charge on any atom is -0.462 e. The molecule has 0 radical (unpaired) electrons. The Morgan fingerprint density at radius 2 is 0.677 bits per heavy atom. The van der Waals surface area contributed by atoms with Gasteiger partial charge in [0.05, 0.1) is 68.5 Å². The van der Waals surface area contributed by atoms with Crippen LogP contribution in [0.2, 0.25) is 20.1 Å². The van der Waals surface area contributed by atoms with Crippen LogP contribution in [-0.4, -0.2) is 101 Å². The molecule has 13 aromatic rings. The van der Waals surface area contributed by atoms with Crippen molar-refractivity contribution in [3.8, 4) is 44.5 Å². The number of nitrogens with one attached hydrogen (secondary N) is 2.